The van der Waals surface area contributed by atoms with E-state index in [1.165, 1.54) is 12.3 Å². The van der Waals surface area contributed by atoms with Crippen molar-refractivity contribution in [1.82, 2.24) is 9.71 Å². The summed E-state index contributed by atoms with van der Waals surface area (Å²) in [6.45, 7) is -0.479. The van der Waals surface area contributed by atoms with Gasteiger partial charge in [-0.15, -0.1) is 4.73 Å². The molecule has 1 aromatic heterocycles. The molecular formula is C9H13N3O6. The number of anilines is 1. The number of aliphatic hydroxyl groups is 3. The summed E-state index contributed by atoms with van der Waals surface area (Å²) in [7, 11) is 0. The molecule has 0 saturated carbocycles. The first-order chi connectivity index (χ1) is 8.52. The number of nitrogens with two attached hydrogens (primary N) is 1. The van der Waals surface area contributed by atoms with Crippen molar-refractivity contribution in [2.24, 2.45) is 0 Å². The predicted octanol–water partition coefficient (Wildman–Crippen LogP) is -3.31. The van der Waals surface area contributed by atoms with E-state index in [1.807, 2.05) is 0 Å². The first kappa shape index (κ1) is 12.8. The molecule has 0 radical (unpaired) electrons. The van der Waals surface area contributed by atoms with E-state index in [-0.39, 0.29) is 5.82 Å². The molecule has 2 heterocycles. The Morgan fingerprint density at radius 1 is 1.50 bits per heavy atom. The highest BCUT2D eigenvalue weighted by Crippen LogP contribution is 2.20. The smallest absolute Gasteiger partial charge is 0.382 e. The average molecular weight is 259 g/mol. The van der Waals surface area contributed by atoms with Gasteiger partial charge in [0.1, 0.15) is 24.1 Å². The van der Waals surface area contributed by atoms with Gasteiger partial charge in [-0.3, -0.25) is 0 Å². The number of nitrogen functional groups attached to an aromatic ring is 1. The number of nitrogens with zero attached hydrogens (tertiary/aromatic N) is 2. The van der Waals surface area contributed by atoms with E-state index in [9.17, 15) is 15.0 Å². The van der Waals surface area contributed by atoms with Crippen molar-refractivity contribution < 1.29 is 24.9 Å². The summed E-state index contributed by atoms with van der Waals surface area (Å²) in [5.41, 5.74) is 4.51. The van der Waals surface area contributed by atoms with Gasteiger partial charge in [-0.2, -0.15) is 4.98 Å². The van der Waals surface area contributed by atoms with Gasteiger partial charge in [-0.25, -0.2) is 4.79 Å². The number of hydrogen-bond acceptors (Lipinski definition) is 8. The van der Waals surface area contributed by atoms with Crippen molar-refractivity contribution in [1.29, 1.82) is 0 Å². The molecule has 1 aliphatic rings. The van der Waals surface area contributed by atoms with Gasteiger partial charge in [0.15, 0.2) is 0 Å². The Morgan fingerprint density at radius 2 is 2.22 bits per heavy atom. The highest BCUT2D eigenvalue weighted by molar-refractivity contribution is 5.23. The summed E-state index contributed by atoms with van der Waals surface area (Å²) in [6, 6.07) is 1.32. The van der Waals surface area contributed by atoms with Crippen LogP contribution < -0.4 is 16.3 Å². The Labute approximate surface area is 101 Å². The highest BCUT2D eigenvalue weighted by atomic mass is 16.8. The first-order valence-corrected chi connectivity index (χ1v) is 5.17. The quantitative estimate of drug-likeness (QED) is 0.442. The van der Waals surface area contributed by atoms with Gasteiger partial charge in [-0.05, 0) is 0 Å². The zero-order valence-electron chi connectivity index (χ0n) is 9.21. The highest BCUT2D eigenvalue weighted by Gasteiger charge is 2.44. The van der Waals surface area contributed by atoms with E-state index in [1.54, 1.807) is 0 Å². The maximum Gasteiger partial charge on any atom is 0.382 e. The molecule has 0 amide bonds. The van der Waals surface area contributed by atoms with E-state index in [0.29, 0.717) is 0 Å². The minimum absolute atomic E-state index is 0.0287. The number of rotatable bonds is 3. The largest absolute Gasteiger partial charge is 0.394 e. The molecule has 1 aromatic rings. The Morgan fingerprint density at radius 3 is 2.78 bits per heavy atom. The third kappa shape index (κ3) is 2.29. The third-order valence-corrected chi connectivity index (χ3v) is 2.51. The minimum atomic E-state index is -1.38. The second-order valence-corrected chi connectivity index (χ2v) is 3.77. The van der Waals surface area contributed by atoms with Gasteiger partial charge in [0.25, 0.3) is 6.29 Å². The lowest BCUT2D eigenvalue weighted by atomic mass is 10.1. The number of hydrogen-bond donors (Lipinski definition) is 4. The van der Waals surface area contributed by atoms with Crippen molar-refractivity contribution in [2.75, 3.05) is 12.3 Å². The Balaban J connectivity index is 2.13. The molecule has 4 atom stereocenters. The van der Waals surface area contributed by atoms with Crippen LogP contribution in [-0.4, -0.2) is 56.2 Å². The van der Waals surface area contributed by atoms with E-state index >= 15 is 0 Å². The summed E-state index contributed by atoms with van der Waals surface area (Å²) in [5.74, 6) is 0.0287. The van der Waals surface area contributed by atoms with Gasteiger partial charge in [0.2, 0.25) is 0 Å². The Hall–Kier alpha value is -1.68. The second-order valence-electron chi connectivity index (χ2n) is 3.77. The molecule has 9 nitrogen and oxygen atoms in total. The number of ether oxygens (including phenoxy) is 1. The monoisotopic (exact) mass is 259 g/mol. The topological polar surface area (TPSA) is 140 Å². The maximum atomic E-state index is 11.4. The maximum absolute atomic E-state index is 11.4. The summed E-state index contributed by atoms with van der Waals surface area (Å²) in [4.78, 5) is 19.8. The zero-order chi connectivity index (χ0) is 13.3. The van der Waals surface area contributed by atoms with Gasteiger partial charge < -0.3 is 30.6 Å². The lowest BCUT2D eigenvalue weighted by molar-refractivity contribution is -0.173. The molecule has 1 aliphatic heterocycles. The SMILES string of the molecule is Nc1ccn(O[C@H]2O[C@H](CO)[C@@H](O)[C@@H]2O)c(=O)n1. The summed E-state index contributed by atoms with van der Waals surface area (Å²) in [5, 5.41) is 28.0. The molecule has 0 aliphatic carbocycles. The van der Waals surface area contributed by atoms with Gasteiger partial charge >= 0.3 is 5.69 Å². The summed E-state index contributed by atoms with van der Waals surface area (Å²) in [6.07, 6.45) is -3.72. The van der Waals surface area contributed by atoms with E-state index in [2.05, 4.69) is 4.98 Å². The summed E-state index contributed by atoms with van der Waals surface area (Å²) < 4.78 is 5.75. The Kier molecular flexibility index (Phi) is 3.48. The van der Waals surface area contributed by atoms with Gasteiger partial charge in [0.05, 0.1) is 12.8 Å². The molecule has 1 fully saturated rings. The van der Waals surface area contributed by atoms with Crippen LogP contribution >= 0.6 is 0 Å². The third-order valence-electron chi connectivity index (χ3n) is 2.51. The van der Waals surface area contributed by atoms with Gasteiger partial charge in [0, 0.05) is 6.07 Å². The van der Waals surface area contributed by atoms with Crippen molar-refractivity contribution in [3.63, 3.8) is 0 Å². The van der Waals surface area contributed by atoms with Crippen molar-refractivity contribution in [3.8, 4) is 0 Å². The molecule has 0 bridgehead atoms. The molecule has 100 valence electrons. The molecule has 1 saturated heterocycles. The van der Waals surface area contributed by atoms with E-state index < -0.39 is 36.9 Å². The van der Waals surface area contributed by atoms with E-state index in [0.717, 1.165) is 4.73 Å². The molecule has 9 heteroatoms. The van der Waals surface area contributed by atoms with Crippen molar-refractivity contribution in [2.45, 2.75) is 24.6 Å². The molecule has 18 heavy (non-hydrogen) atoms. The molecule has 2 rings (SSSR count). The molecule has 5 N–H and O–H groups in total. The van der Waals surface area contributed by atoms with E-state index in [4.69, 9.17) is 20.4 Å². The second kappa shape index (κ2) is 4.90. The summed E-state index contributed by atoms with van der Waals surface area (Å²) >= 11 is 0. The van der Waals surface area contributed by atoms with Crippen LogP contribution in [0.1, 0.15) is 0 Å². The Bertz CT molecular complexity index is 478. The first-order valence-electron chi connectivity index (χ1n) is 5.17. The number of aromatic nitrogens is 2. The van der Waals surface area contributed by atoms with Crippen LogP contribution in [0.5, 0.6) is 0 Å². The van der Waals surface area contributed by atoms with Crippen molar-refractivity contribution in [3.05, 3.63) is 22.7 Å². The lowest BCUT2D eigenvalue weighted by Crippen LogP contribution is -2.41. The van der Waals surface area contributed by atoms with Crippen LogP contribution in [0.15, 0.2) is 17.1 Å². The predicted molar refractivity (Wildman–Crippen MR) is 57.2 cm³/mol. The van der Waals surface area contributed by atoms with Crippen molar-refractivity contribution >= 4 is 5.82 Å². The molecule has 0 aromatic carbocycles. The minimum Gasteiger partial charge on any atom is -0.394 e. The van der Waals surface area contributed by atoms with Crippen LogP contribution in [0.3, 0.4) is 0 Å². The van der Waals surface area contributed by atoms with Crippen LogP contribution in [0, 0.1) is 0 Å². The molecule has 0 spiro atoms. The number of aliphatic hydroxyl groups excluding tert-OH is 3. The molecule has 0 unspecified atom stereocenters. The van der Waals surface area contributed by atoms with Gasteiger partial charge in [-0.1, -0.05) is 0 Å². The van der Waals surface area contributed by atoms with Crippen LogP contribution in [0.25, 0.3) is 0 Å². The van der Waals surface area contributed by atoms with Crippen LogP contribution in [0.4, 0.5) is 5.82 Å². The fourth-order valence-corrected chi connectivity index (χ4v) is 1.55. The van der Waals surface area contributed by atoms with Crippen LogP contribution in [0.2, 0.25) is 0 Å². The molecular weight excluding hydrogens is 246 g/mol. The standard InChI is InChI=1S/C9H13N3O6/c10-5-1-2-12(9(16)11-5)18-8-7(15)6(14)4(3-13)17-8/h1-2,4,6-8,13-15H,3H2,(H2,10,11,16)/t4-,6-,7+,8-/m1/s1. The van der Waals surface area contributed by atoms with Crippen LogP contribution in [-0.2, 0) is 4.74 Å². The normalized spacial score (nSPS) is 31.5. The average Bonchev–Trinajstić information content (AvgIpc) is 2.60. The zero-order valence-corrected chi connectivity index (χ0v) is 9.21. The fourth-order valence-electron chi connectivity index (χ4n) is 1.55. The fraction of sp³-hybridized carbons (Fsp3) is 0.556. The lowest BCUT2D eigenvalue weighted by Gasteiger charge is -2.16.